The third-order valence-corrected chi connectivity index (χ3v) is 3.60. The summed E-state index contributed by atoms with van der Waals surface area (Å²) in [6, 6.07) is 5.86. The van der Waals surface area contributed by atoms with Crippen molar-refractivity contribution in [3.8, 4) is 5.75 Å². The Labute approximate surface area is 131 Å². The molecule has 0 spiro atoms. The van der Waals surface area contributed by atoms with E-state index in [2.05, 4.69) is 20.3 Å². The van der Waals surface area contributed by atoms with E-state index >= 15 is 0 Å². The molecule has 0 unspecified atom stereocenters. The number of hydrogen-bond acceptors (Lipinski definition) is 4. The van der Waals surface area contributed by atoms with Crippen LogP contribution in [0.25, 0.3) is 0 Å². The van der Waals surface area contributed by atoms with Crippen LogP contribution in [-0.4, -0.2) is 27.7 Å². The van der Waals surface area contributed by atoms with Crippen molar-refractivity contribution in [3.05, 3.63) is 42.0 Å². The van der Waals surface area contributed by atoms with Gasteiger partial charge in [0.1, 0.15) is 17.9 Å². The third kappa shape index (κ3) is 4.69. The van der Waals surface area contributed by atoms with Crippen LogP contribution in [-0.2, 0) is 13.1 Å². The zero-order valence-electron chi connectivity index (χ0n) is 12.4. The molecular weight excluding hydrogens is 309 g/mol. The largest absolute Gasteiger partial charge is 0.573 e. The first-order valence-corrected chi connectivity index (χ1v) is 7.44. The average Bonchev–Trinajstić information content (AvgIpc) is 3.23. The molecule has 8 heteroatoms. The van der Waals surface area contributed by atoms with Crippen molar-refractivity contribution < 1.29 is 17.9 Å². The quantitative estimate of drug-likeness (QED) is 0.795. The van der Waals surface area contributed by atoms with Crippen molar-refractivity contribution >= 4 is 0 Å². The Morgan fingerprint density at radius 2 is 1.96 bits per heavy atom. The first-order chi connectivity index (χ1) is 11.0. The molecule has 1 heterocycles. The molecule has 5 nitrogen and oxygen atoms in total. The van der Waals surface area contributed by atoms with E-state index in [9.17, 15) is 13.2 Å². The minimum atomic E-state index is -4.65. The lowest BCUT2D eigenvalue weighted by Gasteiger charge is -2.10. The SMILES string of the molecule is FC(F)(F)Oc1ccc(CNCCn2cnnc2C2CC2)cc1. The maximum Gasteiger partial charge on any atom is 0.573 e. The average molecular weight is 326 g/mol. The number of nitrogens with zero attached hydrogens (tertiary/aromatic N) is 3. The van der Waals surface area contributed by atoms with Crippen LogP contribution in [0.2, 0.25) is 0 Å². The molecule has 0 saturated heterocycles. The number of halogens is 3. The maximum atomic E-state index is 12.1. The van der Waals surface area contributed by atoms with E-state index in [0.717, 1.165) is 24.5 Å². The number of rotatable bonds is 7. The summed E-state index contributed by atoms with van der Waals surface area (Å²) in [7, 11) is 0. The Morgan fingerprint density at radius 1 is 1.22 bits per heavy atom. The van der Waals surface area contributed by atoms with Gasteiger partial charge in [0, 0.05) is 25.6 Å². The van der Waals surface area contributed by atoms with Crippen LogP contribution in [0.5, 0.6) is 5.75 Å². The van der Waals surface area contributed by atoms with E-state index < -0.39 is 6.36 Å². The van der Waals surface area contributed by atoms with Gasteiger partial charge in [0.05, 0.1) is 0 Å². The number of alkyl halides is 3. The van der Waals surface area contributed by atoms with E-state index in [-0.39, 0.29) is 5.75 Å². The van der Waals surface area contributed by atoms with Crippen LogP contribution in [0.4, 0.5) is 13.2 Å². The molecule has 1 aromatic carbocycles. The first-order valence-electron chi connectivity index (χ1n) is 7.44. The predicted molar refractivity (Wildman–Crippen MR) is 76.8 cm³/mol. The first kappa shape index (κ1) is 15.8. The lowest BCUT2D eigenvalue weighted by atomic mass is 10.2. The van der Waals surface area contributed by atoms with E-state index in [4.69, 9.17) is 0 Å². The van der Waals surface area contributed by atoms with Gasteiger partial charge < -0.3 is 14.6 Å². The number of nitrogens with one attached hydrogen (secondary N) is 1. The Hall–Kier alpha value is -2.09. The summed E-state index contributed by atoms with van der Waals surface area (Å²) in [6.45, 7) is 2.08. The third-order valence-electron chi connectivity index (χ3n) is 3.60. The molecule has 1 aromatic heterocycles. The van der Waals surface area contributed by atoms with Crippen LogP contribution in [0, 0.1) is 0 Å². The minimum Gasteiger partial charge on any atom is -0.406 e. The summed E-state index contributed by atoms with van der Waals surface area (Å²) >= 11 is 0. The van der Waals surface area contributed by atoms with E-state index in [0.29, 0.717) is 12.5 Å². The summed E-state index contributed by atoms with van der Waals surface area (Å²) in [5.74, 6) is 1.39. The van der Waals surface area contributed by atoms with Gasteiger partial charge in [-0.25, -0.2) is 0 Å². The molecular formula is C15H17F3N4O. The highest BCUT2D eigenvalue weighted by Crippen LogP contribution is 2.38. The van der Waals surface area contributed by atoms with Crippen LogP contribution in [0.1, 0.15) is 30.1 Å². The van der Waals surface area contributed by atoms with Gasteiger partial charge in [-0.05, 0) is 30.5 Å². The number of benzene rings is 1. The van der Waals surface area contributed by atoms with E-state index in [1.165, 1.54) is 25.0 Å². The van der Waals surface area contributed by atoms with Gasteiger partial charge >= 0.3 is 6.36 Å². The molecule has 1 saturated carbocycles. The molecule has 1 aliphatic carbocycles. The van der Waals surface area contributed by atoms with Crippen molar-refractivity contribution in [2.75, 3.05) is 6.54 Å². The number of aromatic nitrogens is 3. The second kappa shape index (κ2) is 6.57. The van der Waals surface area contributed by atoms with Gasteiger partial charge in [0.2, 0.25) is 0 Å². The molecule has 124 valence electrons. The van der Waals surface area contributed by atoms with Crippen molar-refractivity contribution in [2.24, 2.45) is 0 Å². The Bertz CT molecular complexity index is 635. The van der Waals surface area contributed by atoms with Crippen LogP contribution < -0.4 is 10.1 Å². The summed E-state index contributed by atoms with van der Waals surface area (Å²) in [5.41, 5.74) is 0.894. The molecule has 3 rings (SSSR count). The predicted octanol–water partition coefficient (Wildman–Crippen LogP) is 2.84. The van der Waals surface area contributed by atoms with Gasteiger partial charge in [-0.1, -0.05) is 12.1 Å². The molecule has 1 aliphatic rings. The molecule has 0 bridgehead atoms. The molecule has 2 aromatic rings. The van der Waals surface area contributed by atoms with Crippen LogP contribution >= 0.6 is 0 Å². The lowest BCUT2D eigenvalue weighted by molar-refractivity contribution is -0.274. The fourth-order valence-corrected chi connectivity index (χ4v) is 2.34. The number of hydrogen-bond donors (Lipinski definition) is 1. The van der Waals surface area contributed by atoms with Crippen LogP contribution in [0.15, 0.2) is 30.6 Å². The molecule has 0 aliphatic heterocycles. The van der Waals surface area contributed by atoms with Crippen molar-refractivity contribution in [2.45, 2.75) is 38.2 Å². The van der Waals surface area contributed by atoms with Crippen molar-refractivity contribution in [3.63, 3.8) is 0 Å². The van der Waals surface area contributed by atoms with Gasteiger partial charge in [-0.3, -0.25) is 0 Å². The zero-order valence-corrected chi connectivity index (χ0v) is 12.4. The standard InChI is InChI=1S/C15H17F3N4O/c16-15(17,18)23-13-5-1-11(2-6-13)9-19-7-8-22-10-20-21-14(22)12-3-4-12/h1-2,5-6,10,12,19H,3-4,7-9H2. The highest BCUT2D eigenvalue weighted by Gasteiger charge is 2.31. The highest BCUT2D eigenvalue weighted by molar-refractivity contribution is 5.27. The minimum absolute atomic E-state index is 0.209. The summed E-state index contributed by atoms with van der Waals surface area (Å²) in [6.07, 6.45) is -0.562. The Balaban J connectivity index is 1.42. The summed E-state index contributed by atoms with van der Waals surface area (Å²) in [5, 5.41) is 11.3. The molecule has 0 amide bonds. The molecule has 1 N–H and O–H groups in total. The molecule has 23 heavy (non-hydrogen) atoms. The Morgan fingerprint density at radius 3 is 2.61 bits per heavy atom. The zero-order chi connectivity index (χ0) is 16.3. The van der Waals surface area contributed by atoms with Gasteiger partial charge in [-0.15, -0.1) is 23.4 Å². The maximum absolute atomic E-state index is 12.1. The van der Waals surface area contributed by atoms with Gasteiger partial charge in [0.15, 0.2) is 0 Å². The van der Waals surface area contributed by atoms with Crippen molar-refractivity contribution in [1.82, 2.24) is 20.1 Å². The topological polar surface area (TPSA) is 52.0 Å². The Kier molecular flexibility index (Phi) is 4.51. The monoisotopic (exact) mass is 326 g/mol. The van der Waals surface area contributed by atoms with E-state index in [1.807, 2.05) is 4.57 Å². The molecule has 0 atom stereocenters. The fraction of sp³-hybridized carbons (Fsp3) is 0.467. The highest BCUT2D eigenvalue weighted by atomic mass is 19.4. The van der Waals surface area contributed by atoms with Crippen LogP contribution in [0.3, 0.4) is 0 Å². The van der Waals surface area contributed by atoms with Crippen molar-refractivity contribution in [1.29, 1.82) is 0 Å². The van der Waals surface area contributed by atoms with Gasteiger partial charge in [-0.2, -0.15) is 0 Å². The smallest absolute Gasteiger partial charge is 0.406 e. The summed E-state index contributed by atoms with van der Waals surface area (Å²) < 4.78 is 42.1. The number of ether oxygens (including phenoxy) is 1. The molecule has 0 radical (unpaired) electrons. The lowest BCUT2D eigenvalue weighted by Crippen LogP contribution is -2.20. The van der Waals surface area contributed by atoms with E-state index in [1.54, 1.807) is 18.5 Å². The normalized spacial score (nSPS) is 14.9. The second-order valence-corrected chi connectivity index (χ2v) is 5.53. The summed E-state index contributed by atoms with van der Waals surface area (Å²) in [4.78, 5) is 0. The second-order valence-electron chi connectivity index (χ2n) is 5.53. The molecule has 1 fully saturated rings. The fourth-order valence-electron chi connectivity index (χ4n) is 2.34. The van der Waals surface area contributed by atoms with Gasteiger partial charge in [0.25, 0.3) is 0 Å².